The molecule has 0 bridgehead atoms. The highest BCUT2D eigenvalue weighted by atomic mass is 35.5. The number of aryl methyl sites for hydroxylation is 2. The molecule has 4 nitrogen and oxygen atoms in total. The molecule has 0 atom stereocenters. The van der Waals surface area contributed by atoms with Crippen LogP contribution < -0.4 is 0 Å². The van der Waals surface area contributed by atoms with Gasteiger partial charge in [-0.15, -0.1) is 0 Å². The van der Waals surface area contributed by atoms with E-state index in [0.29, 0.717) is 45.7 Å². The second-order valence-corrected chi connectivity index (χ2v) is 8.64. The highest BCUT2D eigenvalue weighted by molar-refractivity contribution is 6.37. The minimum absolute atomic E-state index is 0.272. The Bertz CT molecular complexity index is 1200. The molecule has 1 aromatic heterocycles. The molecule has 2 aromatic carbocycles. The lowest BCUT2D eigenvalue weighted by Gasteiger charge is -2.31. The van der Waals surface area contributed by atoms with Crippen molar-refractivity contribution in [1.82, 2.24) is 14.5 Å². The van der Waals surface area contributed by atoms with Gasteiger partial charge in [-0.3, -0.25) is 0 Å². The quantitative estimate of drug-likeness (QED) is 0.448. The molecule has 1 aliphatic heterocycles. The molecule has 0 N–H and O–H groups in total. The van der Waals surface area contributed by atoms with E-state index in [4.69, 9.17) is 27.9 Å². The number of imidazole rings is 1. The fraction of sp³-hybridized carbons (Fsp3) is 0.348. The summed E-state index contributed by atoms with van der Waals surface area (Å²) in [5.41, 5.74) is 2.93. The van der Waals surface area contributed by atoms with Gasteiger partial charge in [-0.25, -0.2) is 4.98 Å². The standard InChI is InChI=1S/C23H22Cl2F3N3O/c1-13-10-15(23(26,27)28)11-19-22(13)30(3)20(29-19)12-17-18(24)5-4-16(21(17)25)14(2)31-6-8-32-9-7-31/h4-5,10-11H,2,6-9,12H2,1,3H3. The van der Waals surface area contributed by atoms with Crippen molar-refractivity contribution >= 4 is 39.9 Å². The van der Waals surface area contributed by atoms with Crippen molar-refractivity contribution in [2.75, 3.05) is 26.3 Å². The molecule has 1 saturated heterocycles. The van der Waals surface area contributed by atoms with Crippen molar-refractivity contribution < 1.29 is 17.9 Å². The maximum Gasteiger partial charge on any atom is 0.416 e. The first-order chi connectivity index (χ1) is 15.1. The molecular formula is C23H22Cl2F3N3O. The Hall–Kier alpha value is -2.22. The van der Waals surface area contributed by atoms with Crippen LogP contribution in [0, 0.1) is 6.92 Å². The third-order valence-corrected chi connectivity index (χ3v) is 6.59. The SMILES string of the molecule is C=C(c1ccc(Cl)c(Cc2nc3cc(C(F)(F)F)cc(C)c3n2C)c1Cl)N1CCOCC1. The number of aromatic nitrogens is 2. The van der Waals surface area contributed by atoms with E-state index in [0.717, 1.165) is 36.5 Å². The maximum absolute atomic E-state index is 13.2. The Kier molecular flexibility index (Phi) is 6.18. The number of alkyl halides is 3. The number of ether oxygens (including phenoxy) is 1. The molecule has 0 unspecified atom stereocenters. The molecule has 3 aromatic rings. The average Bonchev–Trinajstić information content (AvgIpc) is 3.06. The minimum Gasteiger partial charge on any atom is -0.378 e. The van der Waals surface area contributed by atoms with Gasteiger partial charge in [0.05, 0.1) is 34.8 Å². The van der Waals surface area contributed by atoms with Gasteiger partial charge in [0, 0.05) is 42.8 Å². The van der Waals surface area contributed by atoms with Crippen molar-refractivity contribution in [3.63, 3.8) is 0 Å². The van der Waals surface area contributed by atoms with E-state index in [-0.39, 0.29) is 11.9 Å². The minimum atomic E-state index is -4.43. The van der Waals surface area contributed by atoms with Crippen molar-refractivity contribution in [2.24, 2.45) is 7.05 Å². The zero-order chi connectivity index (χ0) is 23.2. The van der Waals surface area contributed by atoms with Crippen LogP contribution in [0.15, 0.2) is 30.8 Å². The van der Waals surface area contributed by atoms with E-state index in [2.05, 4.69) is 16.5 Å². The van der Waals surface area contributed by atoms with E-state index in [1.165, 1.54) is 0 Å². The van der Waals surface area contributed by atoms with Gasteiger partial charge >= 0.3 is 6.18 Å². The molecule has 1 aliphatic rings. The zero-order valence-corrected chi connectivity index (χ0v) is 19.2. The number of fused-ring (bicyclic) bond motifs is 1. The Morgan fingerprint density at radius 3 is 2.53 bits per heavy atom. The van der Waals surface area contributed by atoms with Crippen molar-refractivity contribution in [2.45, 2.75) is 19.5 Å². The fourth-order valence-electron chi connectivity index (χ4n) is 4.09. The van der Waals surface area contributed by atoms with E-state index in [1.54, 1.807) is 24.6 Å². The average molecular weight is 484 g/mol. The third-order valence-electron chi connectivity index (χ3n) is 5.80. The Morgan fingerprint density at radius 2 is 1.88 bits per heavy atom. The summed E-state index contributed by atoms with van der Waals surface area (Å²) in [6, 6.07) is 5.81. The lowest BCUT2D eigenvalue weighted by molar-refractivity contribution is -0.137. The second-order valence-electron chi connectivity index (χ2n) is 7.86. The molecule has 0 radical (unpaired) electrons. The highest BCUT2D eigenvalue weighted by Gasteiger charge is 2.32. The van der Waals surface area contributed by atoms with E-state index in [1.807, 2.05) is 6.07 Å². The molecule has 0 saturated carbocycles. The zero-order valence-electron chi connectivity index (χ0n) is 17.7. The van der Waals surface area contributed by atoms with E-state index < -0.39 is 11.7 Å². The summed E-state index contributed by atoms with van der Waals surface area (Å²) in [6.07, 6.45) is -4.16. The number of hydrogen-bond donors (Lipinski definition) is 0. The molecular weight excluding hydrogens is 462 g/mol. The molecule has 0 aliphatic carbocycles. The second kappa shape index (κ2) is 8.61. The van der Waals surface area contributed by atoms with E-state index in [9.17, 15) is 13.2 Å². The van der Waals surface area contributed by atoms with Crippen LogP contribution in [0.25, 0.3) is 16.7 Å². The van der Waals surface area contributed by atoms with Crippen molar-refractivity contribution in [3.05, 3.63) is 69.0 Å². The summed E-state index contributed by atoms with van der Waals surface area (Å²) < 4.78 is 46.9. The fourth-order valence-corrected chi connectivity index (χ4v) is 4.71. The first-order valence-electron chi connectivity index (χ1n) is 10.1. The Morgan fingerprint density at radius 1 is 1.19 bits per heavy atom. The van der Waals surface area contributed by atoms with Crippen molar-refractivity contribution in [1.29, 1.82) is 0 Å². The van der Waals surface area contributed by atoms with E-state index >= 15 is 0 Å². The van der Waals surface area contributed by atoms with Crippen LogP contribution in [-0.2, 0) is 24.4 Å². The van der Waals surface area contributed by atoms with Gasteiger partial charge in [0.25, 0.3) is 0 Å². The maximum atomic E-state index is 13.2. The number of benzene rings is 2. The highest BCUT2D eigenvalue weighted by Crippen LogP contribution is 2.36. The van der Waals surface area contributed by atoms with Gasteiger partial charge in [-0.05, 0) is 42.3 Å². The van der Waals surface area contributed by atoms with Gasteiger partial charge < -0.3 is 14.2 Å². The number of nitrogens with zero attached hydrogens (tertiary/aromatic N) is 3. The van der Waals surface area contributed by atoms with Crippen LogP contribution in [0.1, 0.15) is 28.1 Å². The number of rotatable bonds is 4. The predicted molar refractivity (Wildman–Crippen MR) is 121 cm³/mol. The predicted octanol–water partition coefficient (Wildman–Crippen LogP) is 6.10. The normalized spacial score (nSPS) is 14.9. The molecule has 2 heterocycles. The lowest BCUT2D eigenvalue weighted by atomic mass is 10.0. The summed E-state index contributed by atoms with van der Waals surface area (Å²) >= 11 is 13.2. The van der Waals surface area contributed by atoms with Gasteiger partial charge in [0.1, 0.15) is 5.82 Å². The monoisotopic (exact) mass is 483 g/mol. The molecule has 32 heavy (non-hydrogen) atoms. The molecule has 9 heteroatoms. The molecule has 170 valence electrons. The molecule has 0 spiro atoms. The lowest BCUT2D eigenvalue weighted by Crippen LogP contribution is -2.34. The summed E-state index contributed by atoms with van der Waals surface area (Å²) in [5, 5.41) is 0.932. The summed E-state index contributed by atoms with van der Waals surface area (Å²) in [6.45, 7) is 8.53. The Labute approximate surface area is 194 Å². The third kappa shape index (κ3) is 4.21. The number of hydrogen-bond acceptors (Lipinski definition) is 3. The molecule has 1 fully saturated rings. The van der Waals surface area contributed by atoms with Gasteiger partial charge in [-0.2, -0.15) is 13.2 Å². The number of halogens is 5. The largest absolute Gasteiger partial charge is 0.416 e. The van der Waals surface area contributed by atoms with Crippen LogP contribution in [0.4, 0.5) is 13.2 Å². The van der Waals surface area contributed by atoms with Crippen LogP contribution in [0.3, 0.4) is 0 Å². The molecule has 4 rings (SSSR count). The van der Waals surface area contributed by atoms with Gasteiger partial charge in [0.2, 0.25) is 0 Å². The first kappa shape index (κ1) is 23.0. The van der Waals surface area contributed by atoms with Crippen molar-refractivity contribution in [3.8, 4) is 0 Å². The number of morpholine rings is 1. The summed E-state index contributed by atoms with van der Waals surface area (Å²) in [4.78, 5) is 6.60. The first-order valence-corrected chi connectivity index (χ1v) is 10.9. The van der Waals surface area contributed by atoms with Gasteiger partial charge in [0.15, 0.2) is 0 Å². The Balaban J connectivity index is 1.73. The summed E-state index contributed by atoms with van der Waals surface area (Å²) in [7, 11) is 1.78. The summed E-state index contributed by atoms with van der Waals surface area (Å²) in [5.74, 6) is 0.570. The van der Waals surface area contributed by atoms with Gasteiger partial charge in [-0.1, -0.05) is 29.8 Å². The van der Waals surface area contributed by atoms with Crippen LogP contribution >= 0.6 is 23.2 Å². The smallest absolute Gasteiger partial charge is 0.378 e. The topological polar surface area (TPSA) is 30.3 Å². The van der Waals surface area contributed by atoms with Crippen LogP contribution in [0.5, 0.6) is 0 Å². The van der Waals surface area contributed by atoms with Crippen LogP contribution in [-0.4, -0.2) is 40.8 Å². The molecule has 0 amide bonds. The van der Waals surface area contributed by atoms with Crippen LogP contribution in [0.2, 0.25) is 10.0 Å².